The normalized spacial score (nSPS) is 46.3. The lowest BCUT2D eigenvalue weighted by atomic mass is 9.73. The van der Waals surface area contributed by atoms with Gasteiger partial charge in [-0.1, -0.05) is 27.7 Å². The summed E-state index contributed by atoms with van der Waals surface area (Å²) in [6.45, 7) is 18.4. The summed E-state index contributed by atoms with van der Waals surface area (Å²) in [5.41, 5.74) is -3.65. The minimum atomic E-state index is -1.37. The monoisotopic (exact) mass is 810 g/mol. The molecule has 0 aromatic carbocycles. The van der Waals surface area contributed by atoms with Gasteiger partial charge in [0.05, 0.1) is 47.6 Å². The van der Waals surface area contributed by atoms with Gasteiger partial charge in [-0.3, -0.25) is 14.5 Å². The molecule has 0 aromatic heterocycles. The molecule has 0 saturated carbocycles. The van der Waals surface area contributed by atoms with Crippen LogP contribution >= 0.6 is 0 Å². The summed E-state index contributed by atoms with van der Waals surface area (Å²) >= 11 is 0. The number of aliphatic hydroxyl groups excluding tert-OH is 2. The molecule has 4 rings (SSSR count). The van der Waals surface area contributed by atoms with Crippen molar-refractivity contribution in [3.63, 3.8) is 0 Å². The van der Waals surface area contributed by atoms with E-state index in [0.29, 0.717) is 19.4 Å². The zero-order valence-electron chi connectivity index (χ0n) is 36.3. The second kappa shape index (κ2) is 18.9. The molecule has 4 aliphatic heterocycles. The second-order valence-electron chi connectivity index (χ2n) is 17.6. The third kappa shape index (κ3) is 9.82. The average Bonchev–Trinajstić information content (AvgIpc) is 3.49. The molecule has 0 bridgehead atoms. The number of rotatable bonds is 10. The van der Waals surface area contributed by atoms with Gasteiger partial charge in [0.1, 0.15) is 24.1 Å². The molecule has 18 atom stereocenters. The maximum Gasteiger partial charge on any atom is 0.408 e. The molecule has 0 unspecified atom stereocenters. The number of carbonyl (C=O) groups is 3. The first-order chi connectivity index (χ1) is 26.6. The van der Waals surface area contributed by atoms with E-state index in [-0.39, 0.29) is 37.2 Å². The van der Waals surface area contributed by atoms with Crippen molar-refractivity contribution in [2.24, 2.45) is 23.7 Å². The van der Waals surface area contributed by atoms with Crippen LogP contribution < -0.4 is 5.32 Å². The molecule has 1 amide bonds. The first-order valence-corrected chi connectivity index (χ1v) is 20.6. The van der Waals surface area contributed by atoms with Crippen molar-refractivity contribution >= 4 is 17.8 Å². The SMILES string of the molecule is C#CCCN(C)[C@H]1C[C@@H](C)O[C@@H](O[C@@H]2[C@@H](C)[C@H](O[C@H]3C[C@@](C)(OC)[C@@H](O)[C@H](C)O3)[C@@H](C)C(=O)O[C@H](CC)[C@@]3(C)OC(=O)N[C@@H]3[C@@H](C)C(=O)[C@H](C)C[C@@]2(C)OC)[C@@H]1O. The fraction of sp³-hybridized carbons (Fsp3) is 0.881. The van der Waals surface area contributed by atoms with Gasteiger partial charge in [-0.25, -0.2) is 4.79 Å². The van der Waals surface area contributed by atoms with Crippen LogP contribution in [0.4, 0.5) is 4.79 Å². The Morgan fingerprint density at radius 1 is 0.947 bits per heavy atom. The number of esters is 1. The summed E-state index contributed by atoms with van der Waals surface area (Å²) in [4.78, 5) is 43.8. The topological polar surface area (TPSA) is 181 Å². The Bertz CT molecular complexity index is 1440. The minimum absolute atomic E-state index is 0.128. The Kier molecular flexibility index (Phi) is 15.7. The molecule has 326 valence electrons. The van der Waals surface area contributed by atoms with Crippen LogP contribution in [0.5, 0.6) is 0 Å². The molecular weight excluding hydrogens is 740 g/mol. The quantitative estimate of drug-likeness (QED) is 0.215. The molecule has 3 N–H and O–H groups in total. The highest BCUT2D eigenvalue weighted by atomic mass is 16.7. The van der Waals surface area contributed by atoms with Crippen LogP contribution in [-0.4, -0.2) is 145 Å². The number of cyclic esters (lactones) is 1. The number of terminal acetylenes is 1. The lowest BCUT2D eigenvalue weighted by molar-refractivity contribution is -0.319. The highest BCUT2D eigenvalue weighted by Gasteiger charge is 2.58. The van der Waals surface area contributed by atoms with E-state index in [4.69, 9.17) is 44.3 Å². The molecule has 0 spiro atoms. The number of amides is 1. The Morgan fingerprint density at radius 3 is 2.19 bits per heavy atom. The van der Waals surface area contributed by atoms with Crippen LogP contribution in [0, 0.1) is 36.0 Å². The standard InChI is InChI=1S/C42H70N2O13/c1-15-17-18-44(12)28-19-23(4)52-38(32(28)46)56-36-25(6)33(55-30-21-40(9,50-13)35(47)27(8)53-30)26(7)37(48)54-29(16-2)42(11)34(43-39(49)57-42)24(5)31(45)22(3)20-41(36,10)51-14/h1,22-30,32-36,38,46-47H,16-21H2,2-14H3,(H,43,49)/t22-,23-,24+,25+,26-,27+,28+,29-,30+,32-,33+,34-,35+,36-,38+,40-,41-,42-/m1/s1. The number of methoxy groups -OCH3 is 2. The number of hydrogen-bond acceptors (Lipinski definition) is 14. The summed E-state index contributed by atoms with van der Waals surface area (Å²) in [6.07, 6.45) is -1.59. The van der Waals surface area contributed by atoms with E-state index in [0.717, 1.165) is 0 Å². The van der Waals surface area contributed by atoms with Crippen LogP contribution in [0.2, 0.25) is 0 Å². The number of carbonyl (C=O) groups excluding carboxylic acids is 3. The summed E-state index contributed by atoms with van der Waals surface area (Å²) in [7, 11) is 4.94. The maximum absolute atomic E-state index is 14.5. The number of aliphatic hydroxyl groups is 2. The molecule has 0 radical (unpaired) electrons. The smallest absolute Gasteiger partial charge is 0.408 e. The van der Waals surface area contributed by atoms with Gasteiger partial charge >= 0.3 is 12.1 Å². The number of ether oxygens (including phenoxy) is 8. The number of fused-ring (bicyclic) bond motifs is 1. The summed E-state index contributed by atoms with van der Waals surface area (Å²) in [6, 6.07) is -1.16. The van der Waals surface area contributed by atoms with Gasteiger partial charge in [0.25, 0.3) is 0 Å². The van der Waals surface area contributed by atoms with E-state index < -0.39 is 108 Å². The van der Waals surface area contributed by atoms with Gasteiger partial charge in [-0.15, -0.1) is 12.3 Å². The molecule has 0 aromatic rings. The fourth-order valence-electron chi connectivity index (χ4n) is 9.67. The van der Waals surface area contributed by atoms with Crippen molar-refractivity contribution in [1.82, 2.24) is 10.2 Å². The summed E-state index contributed by atoms with van der Waals surface area (Å²) in [5, 5.41) is 25.7. The molecule has 15 heteroatoms. The van der Waals surface area contributed by atoms with Crippen molar-refractivity contribution in [3.05, 3.63) is 0 Å². The third-order valence-electron chi connectivity index (χ3n) is 13.4. The summed E-state index contributed by atoms with van der Waals surface area (Å²) < 4.78 is 50.5. The number of likely N-dealkylation sites (N-methyl/N-ethyl adjacent to an activating group) is 1. The minimum Gasteiger partial charge on any atom is -0.458 e. The molecule has 4 heterocycles. The number of nitrogens with one attached hydrogen (secondary N) is 1. The maximum atomic E-state index is 14.5. The summed E-state index contributed by atoms with van der Waals surface area (Å²) in [5.74, 6) is -1.21. The van der Waals surface area contributed by atoms with Crippen LogP contribution in [0.15, 0.2) is 0 Å². The Balaban J connectivity index is 1.86. The van der Waals surface area contributed by atoms with Crippen molar-refractivity contribution in [2.75, 3.05) is 27.8 Å². The van der Waals surface area contributed by atoms with Gasteiger partial charge in [-0.05, 0) is 67.9 Å². The third-order valence-corrected chi connectivity index (χ3v) is 13.4. The van der Waals surface area contributed by atoms with Crippen molar-refractivity contribution in [2.45, 2.75) is 186 Å². The molecule has 4 aliphatic rings. The fourth-order valence-corrected chi connectivity index (χ4v) is 9.67. The first kappa shape index (κ1) is 47.3. The molecule has 0 aliphatic carbocycles. The molecule has 4 fully saturated rings. The van der Waals surface area contributed by atoms with E-state index in [1.165, 1.54) is 14.2 Å². The number of ketones is 1. The number of alkyl carbamates (subject to hydrolysis) is 1. The predicted molar refractivity (Wildman–Crippen MR) is 209 cm³/mol. The van der Waals surface area contributed by atoms with Gasteiger partial charge in [0, 0.05) is 57.4 Å². The van der Waals surface area contributed by atoms with Crippen LogP contribution in [-0.2, 0) is 47.5 Å². The molecule has 57 heavy (non-hydrogen) atoms. The zero-order valence-corrected chi connectivity index (χ0v) is 36.3. The van der Waals surface area contributed by atoms with Crippen molar-refractivity contribution < 1.29 is 62.5 Å². The van der Waals surface area contributed by atoms with E-state index in [1.807, 2.05) is 46.6 Å². The first-order valence-electron chi connectivity index (χ1n) is 20.6. The van der Waals surface area contributed by atoms with Gasteiger partial charge in [-0.2, -0.15) is 0 Å². The largest absolute Gasteiger partial charge is 0.458 e. The Hall–Kier alpha value is -2.39. The Labute approximate surface area is 339 Å². The number of hydrogen-bond donors (Lipinski definition) is 3. The van der Waals surface area contributed by atoms with Crippen LogP contribution in [0.25, 0.3) is 0 Å². The highest BCUT2D eigenvalue weighted by Crippen LogP contribution is 2.43. The molecule has 4 saturated heterocycles. The molecule has 15 nitrogen and oxygen atoms in total. The highest BCUT2D eigenvalue weighted by molar-refractivity contribution is 5.85. The lowest BCUT2D eigenvalue weighted by Crippen LogP contribution is -2.61. The Morgan fingerprint density at radius 2 is 1.60 bits per heavy atom. The van der Waals surface area contributed by atoms with Gasteiger partial charge < -0.3 is 53.4 Å². The van der Waals surface area contributed by atoms with E-state index >= 15 is 0 Å². The van der Waals surface area contributed by atoms with Crippen LogP contribution in [0.3, 0.4) is 0 Å². The van der Waals surface area contributed by atoms with Gasteiger partial charge in [0.2, 0.25) is 0 Å². The lowest BCUT2D eigenvalue weighted by Gasteiger charge is -2.50. The molecular formula is C42H70N2O13. The van der Waals surface area contributed by atoms with E-state index in [9.17, 15) is 24.6 Å². The van der Waals surface area contributed by atoms with E-state index in [1.54, 1.807) is 34.6 Å². The average molecular weight is 811 g/mol. The van der Waals surface area contributed by atoms with Crippen molar-refractivity contribution in [1.29, 1.82) is 0 Å². The second-order valence-corrected chi connectivity index (χ2v) is 17.6. The van der Waals surface area contributed by atoms with Gasteiger partial charge in [0.15, 0.2) is 18.2 Å². The van der Waals surface area contributed by atoms with E-state index in [2.05, 4.69) is 11.2 Å². The number of Topliss-reactive ketones (excluding diaryl/α,β-unsaturated/α-hetero) is 1. The predicted octanol–water partition coefficient (Wildman–Crippen LogP) is 3.59. The van der Waals surface area contributed by atoms with Crippen molar-refractivity contribution in [3.8, 4) is 12.3 Å². The zero-order chi connectivity index (χ0) is 42.8. The van der Waals surface area contributed by atoms with Crippen LogP contribution in [0.1, 0.15) is 101 Å². The number of nitrogens with zero attached hydrogens (tertiary/aromatic N) is 1.